The summed E-state index contributed by atoms with van der Waals surface area (Å²) >= 11 is 0. The molecule has 0 aromatic heterocycles. The minimum atomic E-state index is -4.48. The summed E-state index contributed by atoms with van der Waals surface area (Å²) in [6.45, 7) is 3.86. The summed E-state index contributed by atoms with van der Waals surface area (Å²) in [6.07, 6.45) is 24.2. The molecule has 0 aromatic carbocycles. The van der Waals surface area contributed by atoms with E-state index in [0.29, 0.717) is 36.7 Å². The summed E-state index contributed by atoms with van der Waals surface area (Å²) in [5.41, 5.74) is 0. The van der Waals surface area contributed by atoms with E-state index in [1.165, 1.54) is 51.4 Å². The van der Waals surface area contributed by atoms with Crippen molar-refractivity contribution in [3.63, 3.8) is 0 Å². The van der Waals surface area contributed by atoms with Crippen molar-refractivity contribution in [3.8, 4) is 0 Å². The van der Waals surface area contributed by atoms with E-state index < -0.39 is 62.6 Å². The molecule has 1 saturated carbocycles. The van der Waals surface area contributed by atoms with Crippen LogP contribution in [0.1, 0.15) is 168 Å². The quantitative estimate of drug-likeness (QED) is 0.0152. The van der Waals surface area contributed by atoms with Crippen LogP contribution in [0.25, 0.3) is 0 Å². The number of ketones is 1. The molecule has 0 radical (unpaired) electrons. The maximum absolute atomic E-state index is 12.9. The number of allylic oxidation sites excluding steroid dienone is 2. The van der Waals surface area contributed by atoms with Crippen LogP contribution in [-0.4, -0.2) is 114 Å². The Morgan fingerprint density at radius 1 is 0.733 bits per heavy atom. The topological polar surface area (TPSA) is 186 Å². The Hall–Kier alpha value is -1.96. The molecule has 4 N–H and O–H groups in total. The fourth-order valence-electron chi connectivity index (χ4n) is 7.18. The summed E-state index contributed by atoms with van der Waals surface area (Å²) in [5, 5.41) is 31.4. The molecule has 0 amide bonds. The van der Waals surface area contributed by atoms with Crippen molar-refractivity contribution in [2.45, 2.75) is 192 Å². The van der Waals surface area contributed by atoms with Gasteiger partial charge >= 0.3 is 19.8 Å². The number of carbonyl (C=O) groups is 3. The standard InChI is InChI=1S/C46H84NO12P/c1-6-8-10-11-12-13-14-15-16-17-18-19-20-21-23-28-45(52)56-36-40(37-58-60(54,55)57-33-32-47(3,4)5)59-46(53)29-25-24-27-39(49)34-42-41(43(50)35-44(42)51)31-30-38(48)26-22-9-7-2/h13-14,30-31,38,40-44,48,50-51H,6-12,15-29,32-37H2,1-5H3/p+1/b14-13-,31-30+/t38-,40+,41+,42+,43+,44-/m0/s1. The molecule has 13 nitrogen and oxygen atoms in total. The van der Waals surface area contributed by atoms with Crippen molar-refractivity contribution in [2.75, 3.05) is 47.5 Å². The number of hydrogen-bond acceptors (Lipinski definition) is 11. The fourth-order valence-corrected chi connectivity index (χ4v) is 7.92. The lowest BCUT2D eigenvalue weighted by atomic mass is 9.87. The van der Waals surface area contributed by atoms with E-state index >= 15 is 0 Å². The van der Waals surface area contributed by atoms with Gasteiger partial charge in [-0.2, -0.15) is 0 Å². The summed E-state index contributed by atoms with van der Waals surface area (Å²) in [7, 11) is 1.25. The van der Waals surface area contributed by atoms with Crippen LogP contribution in [0, 0.1) is 11.8 Å². The lowest BCUT2D eigenvalue weighted by molar-refractivity contribution is -0.870. The number of esters is 2. The van der Waals surface area contributed by atoms with Gasteiger partial charge in [-0.25, -0.2) is 4.57 Å². The molecule has 0 spiro atoms. The van der Waals surface area contributed by atoms with E-state index in [2.05, 4.69) is 26.0 Å². The highest BCUT2D eigenvalue weighted by molar-refractivity contribution is 7.47. The first-order valence-electron chi connectivity index (χ1n) is 23.2. The first kappa shape index (κ1) is 56.1. The van der Waals surface area contributed by atoms with Crippen LogP contribution >= 0.6 is 7.82 Å². The van der Waals surface area contributed by atoms with Gasteiger partial charge in [-0.1, -0.05) is 109 Å². The Morgan fingerprint density at radius 3 is 1.95 bits per heavy atom. The van der Waals surface area contributed by atoms with Crippen LogP contribution in [-0.2, 0) is 37.5 Å². The number of Topliss-reactive ketones (excluding diaryl/α,β-unsaturated/α-hetero) is 1. The van der Waals surface area contributed by atoms with Gasteiger partial charge in [0.05, 0.1) is 46.1 Å². The highest BCUT2D eigenvalue weighted by atomic mass is 31.2. The molecule has 0 bridgehead atoms. The van der Waals surface area contributed by atoms with Crippen molar-refractivity contribution in [3.05, 3.63) is 24.3 Å². The third kappa shape index (κ3) is 30.1. The van der Waals surface area contributed by atoms with Crippen molar-refractivity contribution >= 4 is 25.5 Å². The summed E-state index contributed by atoms with van der Waals surface area (Å²) in [6, 6.07) is 0. The Labute approximate surface area is 362 Å². The fraction of sp³-hybridized carbons (Fsp3) is 0.848. The molecular formula is C46H85NO12P+. The number of unbranched alkanes of at least 4 members (excludes halogenated alkanes) is 14. The number of hydrogen-bond donors (Lipinski definition) is 4. The summed E-state index contributed by atoms with van der Waals surface area (Å²) in [4.78, 5) is 48.5. The van der Waals surface area contributed by atoms with Crippen LogP contribution in [0.5, 0.6) is 0 Å². The number of likely N-dealkylation sites (N-methyl/N-ethyl adjacent to an activating group) is 1. The zero-order valence-corrected chi connectivity index (χ0v) is 38.9. The van der Waals surface area contributed by atoms with Gasteiger partial charge in [-0.3, -0.25) is 23.4 Å². The van der Waals surface area contributed by atoms with Crippen LogP contribution in [0.4, 0.5) is 0 Å². The maximum Gasteiger partial charge on any atom is 0.472 e. The van der Waals surface area contributed by atoms with Gasteiger partial charge in [0.2, 0.25) is 0 Å². The van der Waals surface area contributed by atoms with Gasteiger partial charge in [0, 0.05) is 43.9 Å². The molecular weight excluding hydrogens is 789 g/mol. The molecule has 0 aromatic rings. The molecule has 1 aliphatic rings. The van der Waals surface area contributed by atoms with Gasteiger partial charge in [0.15, 0.2) is 6.10 Å². The largest absolute Gasteiger partial charge is 0.472 e. The first-order valence-corrected chi connectivity index (χ1v) is 24.7. The Kier molecular flexibility index (Phi) is 31.4. The van der Waals surface area contributed by atoms with Crippen molar-refractivity contribution in [1.82, 2.24) is 0 Å². The number of phosphoric ester groups is 1. The number of aliphatic hydroxyl groups excluding tert-OH is 3. The molecule has 0 heterocycles. The minimum Gasteiger partial charge on any atom is -0.462 e. The number of carbonyl (C=O) groups excluding carboxylic acids is 3. The van der Waals surface area contributed by atoms with Crippen molar-refractivity contribution < 1.29 is 62.2 Å². The monoisotopic (exact) mass is 875 g/mol. The van der Waals surface area contributed by atoms with Crippen LogP contribution in [0.2, 0.25) is 0 Å². The van der Waals surface area contributed by atoms with Gasteiger partial charge in [-0.15, -0.1) is 0 Å². The minimum absolute atomic E-state index is 0.0358. The van der Waals surface area contributed by atoms with E-state index in [1.807, 2.05) is 21.1 Å². The Balaban J connectivity index is 2.52. The molecule has 0 saturated heterocycles. The van der Waals surface area contributed by atoms with Crippen molar-refractivity contribution in [2.24, 2.45) is 11.8 Å². The van der Waals surface area contributed by atoms with E-state index in [4.69, 9.17) is 18.5 Å². The van der Waals surface area contributed by atoms with E-state index in [0.717, 1.165) is 44.9 Å². The average Bonchev–Trinajstić information content (AvgIpc) is 3.44. The SMILES string of the molecule is CCCCCC/C=C\CCCCCCCCCC(=O)OC[C@H](COP(=O)(O)OCC[N+](C)(C)C)OC(=O)CCCCC(=O)C[C@@H]1[C@@H](/C=C/[C@@H](O)CCCCC)[C@H](O)C[C@@H]1O. The lowest BCUT2D eigenvalue weighted by Gasteiger charge is -2.24. The molecule has 1 rings (SSSR count). The predicted octanol–water partition coefficient (Wildman–Crippen LogP) is 8.69. The van der Waals surface area contributed by atoms with Gasteiger partial charge in [0.25, 0.3) is 0 Å². The molecule has 1 unspecified atom stereocenters. The second-order valence-corrected chi connectivity index (χ2v) is 19.2. The number of nitrogens with zero attached hydrogens (tertiary/aromatic N) is 1. The molecule has 0 aliphatic heterocycles. The number of aliphatic hydroxyl groups is 3. The molecule has 14 heteroatoms. The van der Waals surface area contributed by atoms with Crippen LogP contribution < -0.4 is 0 Å². The van der Waals surface area contributed by atoms with Crippen LogP contribution in [0.3, 0.4) is 0 Å². The van der Waals surface area contributed by atoms with Gasteiger partial charge < -0.3 is 34.2 Å². The van der Waals surface area contributed by atoms with E-state index in [1.54, 1.807) is 12.2 Å². The predicted molar refractivity (Wildman–Crippen MR) is 236 cm³/mol. The number of quaternary nitrogens is 1. The summed E-state index contributed by atoms with van der Waals surface area (Å²) < 4.78 is 34.2. The Morgan fingerprint density at radius 2 is 1.30 bits per heavy atom. The average molecular weight is 875 g/mol. The third-order valence-electron chi connectivity index (χ3n) is 10.9. The zero-order valence-electron chi connectivity index (χ0n) is 38.0. The normalized spacial score (nSPS) is 20.4. The molecule has 7 atom stereocenters. The van der Waals surface area contributed by atoms with Gasteiger partial charge in [-0.05, 0) is 51.4 Å². The lowest BCUT2D eigenvalue weighted by Crippen LogP contribution is -2.37. The number of rotatable bonds is 38. The number of phosphoric acid groups is 1. The maximum atomic E-state index is 12.9. The highest BCUT2D eigenvalue weighted by Crippen LogP contribution is 2.43. The summed E-state index contributed by atoms with van der Waals surface area (Å²) in [5.74, 6) is -2.09. The van der Waals surface area contributed by atoms with Crippen LogP contribution in [0.15, 0.2) is 24.3 Å². The smallest absolute Gasteiger partial charge is 0.462 e. The second-order valence-electron chi connectivity index (χ2n) is 17.8. The van der Waals surface area contributed by atoms with E-state index in [-0.39, 0.29) is 51.1 Å². The molecule has 1 fully saturated rings. The van der Waals surface area contributed by atoms with Gasteiger partial charge in [0.1, 0.15) is 25.5 Å². The van der Waals surface area contributed by atoms with Crippen molar-refractivity contribution in [1.29, 1.82) is 0 Å². The molecule has 1 aliphatic carbocycles. The number of ether oxygens (including phenoxy) is 2. The van der Waals surface area contributed by atoms with E-state index in [9.17, 15) is 39.2 Å². The zero-order chi connectivity index (χ0) is 44.7. The first-order chi connectivity index (χ1) is 28.6. The second kappa shape index (κ2) is 33.6. The highest BCUT2D eigenvalue weighted by Gasteiger charge is 2.41. The molecule has 350 valence electrons. The molecule has 60 heavy (non-hydrogen) atoms. The third-order valence-corrected chi connectivity index (χ3v) is 11.9. The Bertz CT molecular complexity index is 1250.